The van der Waals surface area contributed by atoms with Crippen LogP contribution in [0.3, 0.4) is 0 Å². The lowest BCUT2D eigenvalue weighted by Crippen LogP contribution is -2.23. The molecule has 6 heteroatoms. The zero-order valence-corrected chi connectivity index (χ0v) is 6.22. The van der Waals surface area contributed by atoms with Gasteiger partial charge < -0.3 is 4.90 Å². The second-order valence-corrected chi connectivity index (χ2v) is 2.11. The highest BCUT2D eigenvalue weighted by atomic mass is 16.2. The highest BCUT2D eigenvalue weighted by Gasteiger charge is 2.09. The number of aromatic nitrogens is 4. The van der Waals surface area contributed by atoms with Gasteiger partial charge in [0.2, 0.25) is 0 Å². The summed E-state index contributed by atoms with van der Waals surface area (Å²) in [5.41, 5.74) is 0.199. The first-order valence-corrected chi connectivity index (χ1v) is 2.94. The molecule has 1 aromatic heterocycles. The minimum atomic E-state index is -0.229. The summed E-state index contributed by atoms with van der Waals surface area (Å²) in [6.07, 6.45) is 1.27. The van der Waals surface area contributed by atoms with Crippen LogP contribution < -0.4 is 0 Å². The van der Waals surface area contributed by atoms with Crippen molar-refractivity contribution >= 4 is 5.91 Å². The first-order valence-electron chi connectivity index (χ1n) is 2.94. The van der Waals surface area contributed by atoms with Crippen molar-refractivity contribution in [3.05, 3.63) is 11.9 Å². The Bertz CT molecular complexity index is 246. The van der Waals surface area contributed by atoms with Crippen LogP contribution in [0.5, 0.6) is 0 Å². The summed E-state index contributed by atoms with van der Waals surface area (Å²) in [5, 5.41) is 13.3. The summed E-state index contributed by atoms with van der Waals surface area (Å²) in [6, 6.07) is 0. The Morgan fingerprint density at radius 3 is 2.64 bits per heavy atom. The monoisotopic (exact) mass is 153 g/mol. The fourth-order valence-electron chi connectivity index (χ4n) is 0.525. The van der Waals surface area contributed by atoms with Gasteiger partial charge in [0.25, 0.3) is 5.91 Å². The summed E-state index contributed by atoms with van der Waals surface area (Å²) in [4.78, 5) is 12.5. The second-order valence-electron chi connectivity index (χ2n) is 2.11. The normalized spacial score (nSPS) is 9.27. The number of carbonyl (C=O) groups is 1. The molecule has 0 bridgehead atoms. The fourth-order valence-corrected chi connectivity index (χ4v) is 0.525. The molecule has 0 saturated heterocycles. The molecule has 0 aromatic carbocycles. The van der Waals surface area contributed by atoms with Crippen molar-refractivity contribution in [2.24, 2.45) is 0 Å². The predicted octanol–water partition coefficient (Wildman–Crippen LogP) is -1.03. The van der Waals surface area contributed by atoms with Crippen LogP contribution in [0.15, 0.2) is 6.20 Å². The molecule has 0 aliphatic rings. The second kappa shape index (κ2) is 3.00. The maximum absolute atomic E-state index is 11.1. The van der Waals surface area contributed by atoms with E-state index in [9.17, 15) is 4.79 Å². The van der Waals surface area contributed by atoms with Crippen molar-refractivity contribution in [1.29, 1.82) is 0 Å². The summed E-state index contributed by atoms with van der Waals surface area (Å²) in [5.74, 6) is -0.229. The van der Waals surface area contributed by atoms with Crippen molar-refractivity contribution < 1.29 is 4.79 Å². The molecule has 1 rings (SSSR count). The number of nitrogens with zero attached hydrogens (tertiary/aromatic N) is 5. The molecule has 1 amide bonds. The van der Waals surface area contributed by atoms with Crippen LogP contribution in [0, 0.1) is 0 Å². The van der Waals surface area contributed by atoms with Gasteiger partial charge in [-0.25, -0.2) is 0 Å². The summed E-state index contributed by atoms with van der Waals surface area (Å²) in [6.45, 7) is 0. The lowest BCUT2D eigenvalue weighted by Gasteiger charge is -2.06. The third-order valence-electron chi connectivity index (χ3n) is 1.05. The predicted molar refractivity (Wildman–Crippen MR) is 35.6 cm³/mol. The molecule has 0 atom stereocenters. The molecule has 6 nitrogen and oxygen atoms in total. The van der Waals surface area contributed by atoms with Gasteiger partial charge in [0.15, 0.2) is 5.69 Å². The topological polar surface area (TPSA) is 71.9 Å². The zero-order chi connectivity index (χ0) is 8.27. The highest BCUT2D eigenvalue weighted by molar-refractivity contribution is 5.91. The molecule has 0 aliphatic heterocycles. The molecule has 0 saturated carbocycles. The SMILES string of the molecule is CN(C)C(=O)c1cnnnn1. The maximum Gasteiger partial charge on any atom is 0.275 e. The lowest BCUT2D eigenvalue weighted by molar-refractivity contribution is 0.0819. The van der Waals surface area contributed by atoms with Gasteiger partial charge in [-0.2, -0.15) is 0 Å². The zero-order valence-electron chi connectivity index (χ0n) is 6.22. The van der Waals surface area contributed by atoms with Crippen molar-refractivity contribution in [2.75, 3.05) is 14.1 Å². The van der Waals surface area contributed by atoms with E-state index in [1.807, 2.05) is 0 Å². The van der Waals surface area contributed by atoms with Crippen molar-refractivity contribution in [2.45, 2.75) is 0 Å². The Labute approximate surface area is 63.2 Å². The number of rotatable bonds is 1. The van der Waals surface area contributed by atoms with Crippen LogP contribution in [0.2, 0.25) is 0 Å². The van der Waals surface area contributed by atoms with E-state index in [1.54, 1.807) is 14.1 Å². The Balaban J connectivity index is 2.86. The van der Waals surface area contributed by atoms with Gasteiger partial charge in [-0.05, 0) is 10.4 Å². The molecular weight excluding hydrogens is 146 g/mol. The Morgan fingerprint density at radius 2 is 2.18 bits per heavy atom. The van der Waals surface area contributed by atoms with Gasteiger partial charge in [-0.15, -0.1) is 10.2 Å². The highest BCUT2D eigenvalue weighted by Crippen LogP contribution is 1.91. The molecule has 1 heterocycles. The minimum Gasteiger partial charge on any atom is -0.343 e. The van der Waals surface area contributed by atoms with E-state index < -0.39 is 0 Å². The van der Waals surface area contributed by atoms with E-state index in [0.29, 0.717) is 0 Å². The summed E-state index contributed by atoms with van der Waals surface area (Å²) in [7, 11) is 3.26. The van der Waals surface area contributed by atoms with Gasteiger partial charge >= 0.3 is 0 Å². The quantitative estimate of drug-likeness (QED) is 0.515. The summed E-state index contributed by atoms with van der Waals surface area (Å²) < 4.78 is 0. The van der Waals surface area contributed by atoms with Gasteiger partial charge in [0, 0.05) is 14.1 Å². The van der Waals surface area contributed by atoms with E-state index in [-0.39, 0.29) is 11.6 Å². The molecule has 0 aliphatic carbocycles. The molecule has 0 radical (unpaired) electrons. The first-order chi connectivity index (χ1) is 5.22. The van der Waals surface area contributed by atoms with Crippen LogP contribution in [-0.4, -0.2) is 45.5 Å². The van der Waals surface area contributed by atoms with Crippen LogP contribution in [0.4, 0.5) is 0 Å². The standard InChI is InChI=1S/C5H7N5O/c1-10(2)5(11)4-3-6-8-9-7-4/h3H,1-2H3. The van der Waals surface area contributed by atoms with Gasteiger partial charge in [0.1, 0.15) is 0 Å². The van der Waals surface area contributed by atoms with Crippen molar-refractivity contribution in [3.8, 4) is 0 Å². The van der Waals surface area contributed by atoms with Crippen LogP contribution in [0.1, 0.15) is 10.5 Å². The fraction of sp³-hybridized carbons (Fsp3) is 0.400. The number of hydrogen-bond acceptors (Lipinski definition) is 5. The number of hydrogen-bond donors (Lipinski definition) is 0. The van der Waals surface area contributed by atoms with Crippen molar-refractivity contribution in [3.63, 3.8) is 0 Å². The number of carbonyl (C=O) groups excluding carboxylic acids is 1. The van der Waals surface area contributed by atoms with E-state index >= 15 is 0 Å². The minimum absolute atomic E-state index is 0.199. The maximum atomic E-state index is 11.1. The molecule has 0 N–H and O–H groups in total. The molecule has 0 unspecified atom stereocenters. The van der Waals surface area contributed by atoms with Gasteiger partial charge in [0.05, 0.1) is 6.20 Å². The Kier molecular flexibility index (Phi) is 2.05. The molecule has 0 spiro atoms. The summed E-state index contributed by atoms with van der Waals surface area (Å²) >= 11 is 0. The van der Waals surface area contributed by atoms with Crippen molar-refractivity contribution in [1.82, 2.24) is 25.5 Å². The van der Waals surface area contributed by atoms with Gasteiger partial charge in [-0.3, -0.25) is 4.79 Å². The lowest BCUT2D eigenvalue weighted by atomic mass is 10.4. The van der Waals surface area contributed by atoms with Gasteiger partial charge in [-0.1, -0.05) is 0 Å². The molecule has 58 valence electrons. The largest absolute Gasteiger partial charge is 0.343 e. The Morgan fingerprint density at radius 1 is 1.45 bits per heavy atom. The third kappa shape index (κ3) is 1.66. The molecule has 0 fully saturated rings. The number of amides is 1. The molecule has 11 heavy (non-hydrogen) atoms. The smallest absolute Gasteiger partial charge is 0.275 e. The Hall–Kier alpha value is -1.59. The average Bonchev–Trinajstić information content (AvgIpc) is 2.05. The van der Waals surface area contributed by atoms with E-state index in [4.69, 9.17) is 0 Å². The van der Waals surface area contributed by atoms with Crippen LogP contribution in [0.25, 0.3) is 0 Å². The first kappa shape index (κ1) is 7.52. The van der Waals surface area contributed by atoms with E-state index in [0.717, 1.165) is 0 Å². The third-order valence-corrected chi connectivity index (χ3v) is 1.05. The van der Waals surface area contributed by atoms with Crippen LogP contribution >= 0.6 is 0 Å². The molecular formula is C5H7N5O. The average molecular weight is 153 g/mol. The molecule has 1 aromatic rings. The van der Waals surface area contributed by atoms with E-state index in [2.05, 4.69) is 20.6 Å². The van der Waals surface area contributed by atoms with Crippen LogP contribution in [-0.2, 0) is 0 Å². The van der Waals surface area contributed by atoms with E-state index in [1.165, 1.54) is 11.1 Å².